The molecule has 0 spiro atoms. The molecule has 0 heterocycles. The van der Waals surface area contributed by atoms with Gasteiger partial charge in [-0.1, -0.05) is 18.2 Å². The maximum Gasteiger partial charge on any atom is 0.191 e. The molecular weight excluding hydrogens is 220 g/mol. The molecule has 0 amide bonds. The highest BCUT2D eigenvalue weighted by molar-refractivity contribution is 5.32. The summed E-state index contributed by atoms with van der Waals surface area (Å²) < 4.78 is 16.3. The minimum Gasteiger partial charge on any atom is -0.488 e. The van der Waals surface area contributed by atoms with E-state index in [2.05, 4.69) is 0 Å². The Kier molecular flexibility index (Phi) is 6.62. The van der Waals surface area contributed by atoms with Crippen molar-refractivity contribution in [1.29, 1.82) is 0 Å². The summed E-state index contributed by atoms with van der Waals surface area (Å²) >= 11 is 0. The van der Waals surface area contributed by atoms with Crippen molar-refractivity contribution in [2.24, 2.45) is 0 Å². The fourth-order valence-corrected chi connectivity index (χ4v) is 1.45. The summed E-state index contributed by atoms with van der Waals surface area (Å²) in [4.78, 5) is 0. The van der Waals surface area contributed by atoms with Crippen LogP contribution in [0.5, 0.6) is 5.75 Å². The molecule has 0 aliphatic heterocycles. The molecule has 1 aromatic carbocycles. The van der Waals surface area contributed by atoms with E-state index in [0.29, 0.717) is 25.6 Å². The monoisotopic (exact) mass is 240 g/mol. The molecule has 0 unspecified atom stereocenters. The van der Waals surface area contributed by atoms with Gasteiger partial charge >= 0.3 is 0 Å². The maximum absolute atomic E-state index is 9.15. The summed E-state index contributed by atoms with van der Waals surface area (Å²) in [6.07, 6.45) is -0.364. The average Bonchev–Trinajstić information content (AvgIpc) is 2.37. The number of benzene rings is 1. The predicted molar refractivity (Wildman–Crippen MR) is 64.9 cm³/mol. The van der Waals surface area contributed by atoms with Crippen LogP contribution < -0.4 is 4.74 Å². The van der Waals surface area contributed by atoms with Crippen molar-refractivity contribution in [1.82, 2.24) is 0 Å². The lowest BCUT2D eigenvalue weighted by Gasteiger charge is -2.18. The molecule has 0 saturated carbocycles. The molecule has 96 valence electrons. The number of hydrogen-bond acceptors (Lipinski definition) is 4. The third-order valence-corrected chi connectivity index (χ3v) is 2.22. The summed E-state index contributed by atoms with van der Waals surface area (Å²) in [5.41, 5.74) is 0.763. The summed E-state index contributed by atoms with van der Waals surface area (Å²) in [5.74, 6) is 0.666. The van der Waals surface area contributed by atoms with Crippen molar-refractivity contribution >= 4 is 0 Å². The van der Waals surface area contributed by atoms with Gasteiger partial charge in [0.05, 0.1) is 6.61 Å². The van der Waals surface area contributed by atoms with E-state index >= 15 is 0 Å². The molecule has 1 aromatic rings. The van der Waals surface area contributed by atoms with Gasteiger partial charge in [-0.05, 0) is 19.9 Å². The van der Waals surface area contributed by atoms with E-state index in [9.17, 15) is 0 Å². The van der Waals surface area contributed by atoms with Crippen LogP contribution in [0.15, 0.2) is 24.3 Å². The Bertz CT molecular complexity index is 308. The maximum atomic E-state index is 9.15. The zero-order valence-corrected chi connectivity index (χ0v) is 10.4. The average molecular weight is 240 g/mol. The number of para-hydroxylation sites is 1. The van der Waals surface area contributed by atoms with E-state index in [1.807, 2.05) is 38.1 Å². The summed E-state index contributed by atoms with van der Waals surface area (Å²) in [6, 6.07) is 7.37. The molecule has 0 aliphatic rings. The normalized spacial score (nSPS) is 10.8. The highest BCUT2D eigenvalue weighted by Gasteiger charge is 2.10. The minimum absolute atomic E-state index is 0.0376. The zero-order valence-electron chi connectivity index (χ0n) is 10.4. The minimum atomic E-state index is -0.364. The van der Waals surface area contributed by atoms with Crippen LogP contribution in [-0.2, 0) is 16.1 Å². The largest absolute Gasteiger partial charge is 0.488 e. The first kappa shape index (κ1) is 14.0. The topological polar surface area (TPSA) is 47.9 Å². The van der Waals surface area contributed by atoms with Gasteiger partial charge in [0.25, 0.3) is 0 Å². The Hall–Kier alpha value is -1.10. The summed E-state index contributed by atoms with van der Waals surface area (Å²) in [7, 11) is 0. The predicted octanol–water partition coefficient (Wildman–Crippen LogP) is 1.96. The molecule has 0 radical (unpaired) electrons. The van der Waals surface area contributed by atoms with Crippen molar-refractivity contribution in [2.45, 2.75) is 26.7 Å². The molecule has 17 heavy (non-hydrogen) atoms. The second-order valence-electron chi connectivity index (χ2n) is 3.42. The lowest BCUT2D eigenvalue weighted by atomic mass is 10.2. The summed E-state index contributed by atoms with van der Waals surface area (Å²) in [5, 5.41) is 9.15. The molecule has 0 aliphatic carbocycles. The van der Waals surface area contributed by atoms with Crippen LogP contribution in [0.2, 0.25) is 0 Å². The fraction of sp³-hybridized carbons (Fsp3) is 0.538. The molecule has 0 bridgehead atoms. The van der Waals surface area contributed by atoms with Gasteiger partial charge in [0.15, 0.2) is 6.29 Å². The SMILES string of the molecule is CCOC(COc1ccccc1CO)OCC. The van der Waals surface area contributed by atoms with Crippen molar-refractivity contribution in [3.63, 3.8) is 0 Å². The zero-order chi connectivity index (χ0) is 12.5. The van der Waals surface area contributed by atoms with Gasteiger partial charge in [0.2, 0.25) is 0 Å². The fourth-order valence-electron chi connectivity index (χ4n) is 1.45. The van der Waals surface area contributed by atoms with Gasteiger partial charge < -0.3 is 19.3 Å². The summed E-state index contributed by atoms with van der Waals surface area (Å²) in [6.45, 7) is 5.26. The van der Waals surface area contributed by atoms with E-state index in [1.165, 1.54) is 0 Å². The number of hydrogen-bond donors (Lipinski definition) is 1. The van der Waals surface area contributed by atoms with E-state index in [0.717, 1.165) is 5.56 Å². The second-order valence-corrected chi connectivity index (χ2v) is 3.42. The molecule has 4 nitrogen and oxygen atoms in total. The van der Waals surface area contributed by atoms with Crippen molar-refractivity contribution in [3.8, 4) is 5.75 Å². The van der Waals surface area contributed by atoms with E-state index < -0.39 is 0 Å². The van der Waals surface area contributed by atoms with E-state index in [4.69, 9.17) is 19.3 Å². The Morgan fingerprint density at radius 2 is 1.76 bits per heavy atom. The standard InChI is InChI=1S/C13H20O4/c1-3-15-13(16-4-2)10-17-12-8-6-5-7-11(12)9-14/h5-8,13-14H,3-4,9-10H2,1-2H3. The van der Waals surface area contributed by atoms with Crippen LogP contribution >= 0.6 is 0 Å². The first-order chi connectivity index (χ1) is 8.31. The van der Waals surface area contributed by atoms with Gasteiger partial charge in [0.1, 0.15) is 12.4 Å². The third kappa shape index (κ3) is 4.73. The van der Waals surface area contributed by atoms with Gasteiger partial charge in [-0.2, -0.15) is 0 Å². The van der Waals surface area contributed by atoms with Gasteiger partial charge in [0, 0.05) is 18.8 Å². The quantitative estimate of drug-likeness (QED) is 0.706. The van der Waals surface area contributed by atoms with Crippen molar-refractivity contribution < 1.29 is 19.3 Å². The second kappa shape index (κ2) is 8.06. The van der Waals surface area contributed by atoms with Crippen LogP contribution in [0.4, 0.5) is 0 Å². The molecule has 0 fully saturated rings. The Balaban J connectivity index is 2.52. The van der Waals surface area contributed by atoms with Crippen molar-refractivity contribution in [2.75, 3.05) is 19.8 Å². The Morgan fingerprint density at radius 3 is 2.35 bits per heavy atom. The van der Waals surface area contributed by atoms with Crippen LogP contribution in [0, 0.1) is 0 Å². The molecule has 0 aromatic heterocycles. The number of aliphatic hydroxyl groups is 1. The molecule has 0 atom stereocenters. The highest BCUT2D eigenvalue weighted by Crippen LogP contribution is 2.18. The van der Waals surface area contributed by atoms with Crippen LogP contribution in [0.3, 0.4) is 0 Å². The number of rotatable bonds is 8. The van der Waals surface area contributed by atoms with Crippen LogP contribution in [0.1, 0.15) is 19.4 Å². The highest BCUT2D eigenvalue weighted by atomic mass is 16.7. The first-order valence-corrected chi connectivity index (χ1v) is 5.86. The van der Waals surface area contributed by atoms with Crippen molar-refractivity contribution in [3.05, 3.63) is 29.8 Å². The molecule has 0 saturated heterocycles. The van der Waals surface area contributed by atoms with Crippen LogP contribution in [0.25, 0.3) is 0 Å². The lowest BCUT2D eigenvalue weighted by molar-refractivity contribution is -0.152. The number of aliphatic hydroxyl groups excluding tert-OH is 1. The van der Waals surface area contributed by atoms with Gasteiger partial charge in [-0.3, -0.25) is 0 Å². The molecule has 4 heteroatoms. The Labute approximate surface area is 102 Å². The molecule has 1 rings (SSSR count). The third-order valence-electron chi connectivity index (χ3n) is 2.22. The number of ether oxygens (including phenoxy) is 3. The van der Waals surface area contributed by atoms with Gasteiger partial charge in [-0.25, -0.2) is 0 Å². The molecular formula is C13H20O4. The van der Waals surface area contributed by atoms with Gasteiger partial charge in [-0.15, -0.1) is 0 Å². The first-order valence-electron chi connectivity index (χ1n) is 5.86. The smallest absolute Gasteiger partial charge is 0.191 e. The lowest BCUT2D eigenvalue weighted by Crippen LogP contribution is -2.25. The molecule has 1 N–H and O–H groups in total. The van der Waals surface area contributed by atoms with E-state index in [1.54, 1.807) is 0 Å². The van der Waals surface area contributed by atoms with Crippen LogP contribution in [-0.4, -0.2) is 31.2 Å². The Morgan fingerprint density at radius 1 is 1.12 bits per heavy atom. The van der Waals surface area contributed by atoms with E-state index in [-0.39, 0.29) is 12.9 Å².